The van der Waals surface area contributed by atoms with Crippen molar-refractivity contribution < 1.29 is 5.11 Å². The van der Waals surface area contributed by atoms with Crippen LogP contribution < -0.4 is 10.6 Å². The minimum Gasteiger partial charge on any atom is -0.394 e. The first-order chi connectivity index (χ1) is 9.33. The number of nitrogens with zero attached hydrogens (tertiary/aromatic N) is 2. The molecule has 1 fully saturated rings. The predicted molar refractivity (Wildman–Crippen MR) is 76.2 cm³/mol. The lowest BCUT2D eigenvalue weighted by Crippen LogP contribution is -2.43. The van der Waals surface area contributed by atoms with Gasteiger partial charge in [-0.1, -0.05) is 0 Å². The van der Waals surface area contributed by atoms with Crippen LogP contribution in [0.4, 0.5) is 5.82 Å². The Morgan fingerprint density at radius 1 is 1.32 bits per heavy atom. The fourth-order valence-electron chi connectivity index (χ4n) is 3.38. The van der Waals surface area contributed by atoms with Crippen molar-refractivity contribution in [2.75, 3.05) is 18.1 Å². The molecule has 104 valence electrons. The third kappa shape index (κ3) is 2.35. The number of hydrogen-bond donors (Lipinski definition) is 2. The van der Waals surface area contributed by atoms with Crippen molar-refractivity contribution in [2.45, 2.75) is 51.1 Å². The van der Waals surface area contributed by atoms with E-state index in [1.165, 1.54) is 30.5 Å². The van der Waals surface area contributed by atoms with Crippen molar-refractivity contribution in [3.8, 4) is 0 Å². The smallest absolute Gasteiger partial charge is 0.133 e. The summed E-state index contributed by atoms with van der Waals surface area (Å²) in [6.45, 7) is 1.73. The summed E-state index contributed by atoms with van der Waals surface area (Å²) in [5, 5.41) is 9.58. The summed E-state index contributed by atoms with van der Waals surface area (Å²) in [7, 11) is 0. The highest BCUT2D eigenvalue weighted by Crippen LogP contribution is 2.30. The first-order valence-corrected chi connectivity index (χ1v) is 7.42. The van der Waals surface area contributed by atoms with E-state index in [4.69, 9.17) is 10.7 Å². The zero-order valence-electron chi connectivity index (χ0n) is 11.4. The quantitative estimate of drug-likeness (QED) is 0.863. The Morgan fingerprint density at radius 3 is 3.00 bits per heavy atom. The molecule has 0 spiro atoms. The SMILES string of the molecule is NCc1cc2c(nc1N1CCCCC1CO)CCC2. The highest BCUT2D eigenvalue weighted by molar-refractivity contribution is 5.52. The lowest BCUT2D eigenvalue weighted by atomic mass is 10.0. The van der Waals surface area contributed by atoms with Gasteiger partial charge in [0.2, 0.25) is 0 Å². The zero-order chi connectivity index (χ0) is 13.2. The molecule has 0 saturated carbocycles. The number of pyridine rings is 1. The highest BCUT2D eigenvalue weighted by Gasteiger charge is 2.26. The molecule has 1 saturated heterocycles. The Labute approximate surface area is 114 Å². The number of nitrogens with two attached hydrogens (primary N) is 1. The fraction of sp³-hybridized carbons (Fsp3) is 0.667. The van der Waals surface area contributed by atoms with E-state index in [0.717, 1.165) is 37.2 Å². The molecule has 3 rings (SSSR count). The van der Waals surface area contributed by atoms with Crippen LogP contribution in [-0.2, 0) is 19.4 Å². The summed E-state index contributed by atoms with van der Waals surface area (Å²) in [6.07, 6.45) is 6.87. The van der Waals surface area contributed by atoms with E-state index in [-0.39, 0.29) is 12.6 Å². The molecule has 0 amide bonds. The molecule has 0 radical (unpaired) electrons. The number of aliphatic hydroxyl groups is 1. The maximum Gasteiger partial charge on any atom is 0.133 e. The summed E-state index contributed by atoms with van der Waals surface area (Å²) in [5.74, 6) is 1.03. The summed E-state index contributed by atoms with van der Waals surface area (Å²) in [5.41, 5.74) is 9.67. The second kappa shape index (κ2) is 5.47. The third-order valence-electron chi connectivity index (χ3n) is 4.44. The lowest BCUT2D eigenvalue weighted by molar-refractivity contribution is 0.239. The van der Waals surface area contributed by atoms with E-state index >= 15 is 0 Å². The molecular formula is C15H23N3O. The standard InChI is InChI=1S/C15H23N3O/c16-9-12-8-11-4-3-6-14(11)17-15(12)18-7-2-1-5-13(18)10-19/h8,13,19H,1-7,9-10,16H2. The number of fused-ring (bicyclic) bond motifs is 1. The van der Waals surface area contributed by atoms with Crippen LogP contribution in [0.1, 0.15) is 42.5 Å². The van der Waals surface area contributed by atoms with Crippen molar-refractivity contribution in [1.82, 2.24) is 4.98 Å². The van der Waals surface area contributed by atoms with Crippen LogP contribution in [0.3, 0.4) is 0 Å². The maximum absolute atomic E-state index is 9.58. The molecule has 1 atom stereocenters. The van der Waals surface area contributed by atoms with Gasteiger partial charge in [0, 0.05) is 24.3 Å². The van der Waals surface area contributed by atoms with Gasteiger partial charge in [0.25, 0.3) is 0 Å². The molecule has 1 aliphatic heterocycles. The number of aromatic nitrogens is 1. The highest BCUT2D eigenvalue weighted by atomic mass is 16.3. The molecule has 0 aromatic carbocycles. The Hall–Kier alpha value is -1.13. The van der Waals surface area contributed by atoms with E-state index in [1.807, 2.05) is 0 Å². The maximum atomic E-state index is 9.58. The second-order valence-corrected chi connectivity index (χ2v) is 5.66. The summed E-state index contributed by atoms with van der Waals surface area (Å²) < 4.78 is 0. The van der Waals surface area contributed by atoms with Crippen LogP contribution in [0.5, 0.6) is 0 Å². The molecule has 4 nitrogen and oxygen atoms in total. The number of hydrogen-bond acceptors (Lipinski definition) is 4. The Bertz CT molecular complexity index is 461. The van der Waals surface area contributed by atoms with Crippen LogP contribution in [0, 0.1) is 0 Å². The summed E-state index contributed by atoms with van der Waals surface area (Å²) in [6, 6.07) is 2.46. The van der Waals surface area contributed by atoms with Gasteiger partial charge in [-0.2, -0.15) is 0 Å². The minimum absolute atomic E-state index is 0.211. The van der Waals surface area contributed by atoms with E-state index in [2.05, 4.69) is 11.0 Å². The molecule has 3 N–H and O–H groups in total. The summed E-state index contributed by atoms with van der Waals surface area (Å²) >= 11 is 0. The minimum atomic E-state index is 0.211. The molecule has 19 heavy (non-hydrogen) atoms. The number of rotatable bonds is 3. The van der Waals surface area contributed by atoms with Gasteiger partial charge in [0.05, 0.1) is 12.6 Å². The number of aryl methyl sites for hydroxylation is 2. The van der Waals surface area contributed by atoms with Gasteiger partial charge in [-0.05, 0) is 50.2 Å². The van der Waals surface area contributed by atoms with Crippen LogP contribution in [0.2, 0.25) is 0 Å². The van der Waals surface area contributed by atoms with E-state index in [0.29, 0.717) is 6.54 Å². The van der Waals surface area contributed by atoms with Crippen LogP contribution in [-0.4, -0.2) is 29.3 Å². The van der Waals surface area contributed by atoms with Crippen LogP contribution >= 0.6 is 0 Å². The van der Waals surface area contributed by atoms with E-state index in [1.54, 1.807) is 0 Å². The van der Waals surface area contributed by atoms with E-state index in [9.17, 15) is 5.11 Å². The Morgan fingerprint density at radius 2 is 2.21 bits per heavy atom. The first-order valence-electron chi connectivity index (χ1n) is 7.42. The number of anilines is 1. The van der Waals surface area contributed by atoms with Gasteiger partial charge in [-0.25, -0.2) is 4.98 Å². The Kier molecular flexibility index (Phi) is 3.71. The first kappa shape index (κ1) is 12.9. The topological polar surface area (TPSA) is 62.4 Å². The van der Waals surface area contributed by atoms with Gasteiger partial charge >= 0.3 is 0 Å². The molecule has 1 aromatic heterocycles. The van der Waals surface area contributed by atoms with E-state index < -0.39 is 0 Å². The third-order valence-corrected chi connectivity index (χ3v) is 4.44. The number of piperidine rings is 1. The fourth-order valence-corrected chi connectivity index (χ4v) is 3.38. The molecule has 1 aromatic rings. The molecule has 2 aliphatic rings. The monoisotopic (exact) mass is 261 g/mol. The molecule has 2 heterocycles. The number of aliphatic hydroxyl groups excluding tert-OH is 1. The lowest BCUT2D eigenvalue weighted by Gasteiger charge is -2.37. The van der Waals surface area contributed by atoms with Crippen LogP contribution in [0.15, 0.2) is 6.07 Å². The summed E-state index contributed by atoms with van der Waals surface area (Å²) in [4.78, 5) is 7.16. The van der Waals surface area contributed by atoms with Gasteiger partial charge in [-0.15, -0.1) is 0 Å². The van der Waals surface area contributed by atoms with Crippen LogP contribution in [0.25, 0.3) is 0 Å². The molecular weight excluding hydrogens is 238 g/mol. The Balaban J connectivity index is 1.98. The van der Waals surface area contributed by atoms with Crippen molar-refractivity contribution in [2.24, 2.45) is 5.73 Å². The molecule has 1 aliphatic carbocycles. The predicted octanol–water partition coefficient (Wildman–Crippen LogP) is 1.38. The molecule has 0 bridgehead atoms. The molecule has 4 heteroatoms. The average Bonchev–Trinajstić information content (AvgIpc) is 2.93. The van der Waals surface area contributed by atoms with Crippen molar-refractivity contribution in [3.63, 3.8) is 0 Å². The van der Waals surface area contributed by atoms with Gasteiger partial charge in [-0.3, -0.25) is 0 Å². The van der Waals surface area contributed by atoms with Gasteiger partial charge in [0.1, 0.15) is 5.82 Å². The van der Waals surface area contributed by atoms with Crippen molar-refractivity contribution >= 4 is 5.82 Å². The largest absolute Gasteiger partial charge is 0.394 e. The van der Waals surface area contributed by atoms with Crippen molar-refractivity contribution in [1.29, 1.82) is 0 Å². The molecule has 1 unspecified atom stereocenters. The van der Waals surface area contributed by atoms with Gasteiger partial charge < -0.3 is 15.7 Å². The van der Waals surface area contributed by atoms with Crippen molar-refractivity contribution in [3.05, 3.63) is 22.9 Å². The average molecular weight is 261 g/mol. The normalized spacial score (nSPS) is 22.6. The second-order valence-electron chi connectivity index (χ2n) is 5.66. The zero-order valence-corrected chi connectivity index (χ0v) is 11.4. The van der Waals surface area contributed by atoms with Gasteiger partial charge in [0.15, 0.2) is 0 Å².